The fourth-order valence-corrected chi connectivity index (χ4v) is 1.10. The first-order valence-electron chi connectivity index (χ1n) is 3.57. The van der Waals surface area contributed by atoms with Gasteiger partial charge in [-0.25, -0.2) is 4.98 Å². The summed E-state index contributed by atoms with van der Waals surface area (Å²) in [7, 11) is 0. The number of aromatic amines is 1. The van der Waals surface area contributed by atoms with Gasteiger partial charge < -0.3 is 10.7 Å². The van der Waals surface area contributed by atoms with Gasteiger partial charge in [-0.2, -0.15) is 0 Å². The van der Waals surface area contributed by atoms with Crippen LogP contribution in [0, 0.1) is 5.92 Å². The molecular weight excluding hydrogens is 142 g/mol. The van der Waals surface area contributed by atoms with Crippen molar-refractivity contribution < 1.29 is 4.79 Å². The second-order valence-electron chi connectivity index (χ2n) is 2.82. The number of ketones is 1. The predicted molar refractivity (Wildman–Crippen MR) is 39.0 cm³/mol. The lowest BCUT2D eigenvalue weighted by molar-refractivity contribution is 0.0961. The van der Waals surface area contributed by atoms with Gasteiger partial charge in [0.1, 0.15) is 5.69 Å². The van der Waals surface area contributed by atoms with Gasteiger partial charge >= 0.3 is 0 Å². The quantitative estimate of drug-likeness (QED) is 0.581. The average molecular weight is 151 g/mol. The number of carbonyl (C=O) groups is 1. The number of H-pyrrole nitrogens is 1. The van der Waals surface area contributed by atoms with Crippen molar-refractivity contribution in [2.75, 3.05) is 0 Å². The van der Waals surface area contributed by atoms with Crippen molar-refractivity contribution in [2.45, 2.75) is 12.5 Å². The highest BCUT2D eigenvalue weighted by molar-refractivity contribution is 5.98. The molecule has 0 amide bonds. The van der Waals surface area contributed by atoms with Crippen molar-refractivity contribution in [3.8, 4) is 0 Å². The van der Waals surface area contributed by atoms with Crippen LogP contribution in [0.4, 0.5) is 0 Å². The molecule has 1 aromatic heterocycles. The molecule has 0 aliphatic heterocycles. The summed E-state index contributed by atoms with van der Waals surface area (Å²) in [4.78, 5) is 17.9. The smallest absolute Gasteiger partial charge is 0.187 e. The highest BCUT2D eigenvalue weighted by atomic mass is 16.1. The van der Waals surface area contributed by atoms with Gasteiger partial charge in [0.25, 0.3) is 0 Å². The molecule has 2 atom stereocenters. The summed E-state index contributed by atoms with van der Waals surface area (Å²) in [6, 6.07) is 0.0687. The number of aromatic nitrogens is 2. The molecule has 1 saturated carbocycles. The Morgan fingerprint density at radius 2 is 2.55 bits per heavy atom. The average Bonchev–Trinajstić information content (AvgIpc) is 2.56. The van der Waals surface area contributed by atoms with Crippen molar-refractivity contribution in [3.63, 3.8) is 0 Å². The van der Waals surface area contributed by atoms with Gasteiger partial charge in [0, 0.05) is 18.2 Å². The summed E-state index contributed by atoms with van der Waals surface area (Å²) < 4.78 is 0. The molecule has 0 aromatic carbocycles. The van der Waals surface area contributed by atoms with Crippen LogP contribution < -0.4 is 5.73 Å². The lowest BCUT2D eigenvalue weighted by atomic mass is 10.2. The molecule has 1 fully saturated rings. The van der Waals surface area contributed by atoms with Crippen molar-refractivity contribution in [1.29, 1.82) is 0 Å². The van der Waals surface area contributed by atoms with E-state index in [1.54, 1.807) is 6.20 Å². The number of imidazole rings is 1. The van der Waals surface area contributed by atoms with Crippen molar-refractivity contribution in [1.82, 2.24) is 9.97 Å². The molecule has 0 spiro atoms. The van der Waals surface area contributed by atoms with Gasteiger partial charge in [-0.1, -0.05) is 0 Å². The second-order valence-corrected chi connectivity index (χ2v) is 2.82. The van der Waals surface area contributed by atoms with Crippen molar-refractivity contribution in [2.24, 2.45) is 11.7 Å². The Bertz CT molecular complexity index is 267. The van der Waals surface area contributed by atoms with E-state index in [1.807, 2.05) is 0 Å². The summed E-state index contributed by atoms with van der Waals surface area (Å²) in [5.74, 6) is 0.0945. The monoisotopic (exact) mass is 151 g/mol. The van der Waals surface area contributed by atoms with Crippen LogP contribution in [-0.4, -0.2) is 21.8 Å². The van der Waals surface area contributed by atoms with E-state index >= 15 is 0 Å². The number of hydrogen-bond acceptors (Lipinski definition) is 3. The molecular formula is C7H9N3O. The Morgan fingerprint density at radius 1 is 1.82 bits per heavy atom. The maximum absolute atomic E-state index is 11.3. The number of carbonyl (C=O) groups excluding carboxylic acids is 1. The third-order valence-electron chi connectivity index (χ3n) is 1.93. The second kappa shape index (κ2) is 2.17. The zero-order valence-corrected chi connectivity index (χ0v) is 5.95. The standard InChI is InChI=1S/C7H9N3O/c8-5-1-4(5)7(11)6-2-9-3-10-6/h2-5H,1,8H2,(H,9,10). The van der Waals surface area contributed by atoms with Gasteiger partial charge in [0.2, 0.25) is 0 Å². The third-order valence-corrected chi connectivity index (χ3v) is 1.93. The van der Waals surface area contributed by atoms with Crippen LogP contribution in [0.15, 0.2) is 12.5 Å². The maximum Gasteiger partial charge on any atom is 0.187 e. The predicted octanol–water partition coefficient (Wildman–Crippen LogP) is -0.0604. The first kappa shape index (κ1) is 6.54. The summed E-state index contributed by atoms with van der Waals surface area (Å²) in [6.45, 7) is 0. The number of nitrogens with two attached hydrogens (primary N) is 1. The number of nitrogens with zero attached hydrogens (tertiary/aromatic N) is 1. The van der Waals surface area contributed by atoms with Crippen LogP contribution in [0.3, 0.4) is 0 Å². The first-order valence-corrected chi connectivity index (χ1v) is 3.57. The van der Waals surface area contributed by atoms with Gasteiger partial charge in [0.05, 0.1) is 6.33 Å². The van der Waals surface area contributed by atoms with Crippen LogP contribution in [0.5, 0.6) is 0 Å². The molecule has 0 saturated heterocycles. The molecule has 4 nitrogen and oxygen atoms in total. The molecule has 11 heavy (non-hydrogen) atoms. The Labute approximate surface area is 63.8 Å². The zero-order valence-electron chi connectivity index (χ0n) is 5.95. The minimum atomic E-state index is 0.0262. The largest absolute Gasteiger partial charge is 0.350 e. The van der Waals surface area contributed by atoms with E-state index in [0.29, 0.717) is 5.69 Å². The number of rotatable bonds is 2. The molecule has 2 unspecified atom stereocenters. The van der Waals surface area contributed by atoms with E-state index in [1.165, 1.54) is 6.33 Å². The Morgan fingerprint density at radius 3 is 3.00 bits per heavy atom. The number of nitrogens with one attached hydrogen (secondary N) is 1. The lowest BCUT2D eigenvalue weighted by Gasteiger charge is -1.90. The van der Waals surface area contributed by atoms with Gasteiger partial charge in [0.15, 0.2) is 5.78 Å². The van der Waals surface area contributed by atoms with E-state index in [-0.39, 0.29) is 17.7 Å². The van der Waals surface area contributed by atoms with Crippen LogP contribution >= 0.6 is 0 Å². The van der Waals surface area contributed by atoms with E-state index in [9.17, 15) is 4.79 Å². The minimum absolute atomic E-state index is 0.0262. The first-order chi connectivity index (χ1) is 5.29. The fraction of sp³-hybridized carbons (Fsp3) is 0.429. The lowest BCUT2D eigenvalue weighted by Crippen LogP contribution is -2.10. The summed E-state index contributed by atoms with van der Waals surface area (Å²) in [6.07, 6.45) is 3.92. The SMILES string of the molecule is NC1CC1C(=O)c1c[nH]cn1. The maximum atomic E-state index is 11.3. The summed E-state index contributed by atoms with van der Waals surface area (Å²) >= 11 is 0. The van der Waals surface area contributed by atoms with Gasteiger partial charge in [-0.05, 0) is 6.42 Å². The Balaban J connectivity index is 2.13. The molecule has 1 heterocycles. The van der Waals surface area contributed by atoms with Crippen molar-refractivity contribution >= 4 is 5.78 Å². The molecule has 1 aromatic rings. The molecule has 0 radical (unpaired) electrons. The third kappa shape index (κ3) is 1.05. The molecule has 4 heteroatoms. The molecule has 58 valence electrons. The fourth-order valence-electron chi connectivity index (χ4n) is 1.10. The molecule has 0 bridgehead atoms. The minimum Gasteiger partial charge on any atom is -0.350 e. The molecule has 1 aliphatic carbocycles. The van der Waals surface area contributed by atoms with Gasteiger partial charge in [-0.3, -0.25) is 4.79 Å². The van der Waals surface area contributed by atoms with E-state index in [4.69, 9.17) is 5.73 Å². The van der Waals surface area contributed by atoms with E-state index < -0.39 is 0 Å². The summed E-state index contributed by atoms with van der Waals surface area (Å²) in [5, 5.41) is 0. The molecule has 1 aliphatic rings. The Kier molecular flexibility index (Phi) is 1.29. The zero-order chi connectivity index (χ0) is 7.84. The molecule has 3 N–H and O–H groups in total. The van der Waals surface area contributed by atoms with Crippen molar-refractivity contribution in [3.05, 3.63) is 18.2 Å². The highest BCUT2D eigenvalue weighted by Crippen LogP contribution is 2.30. The topological polar surface area (TPSA) is 71.8 Å². The van der Waals surface area contributed by atoms with Crippen LogP contribution in [0.1, 0.15) is 16.9 Å². The summed E-state index contributed by atoms with van der Waals surface area (Å²) in [5.41, 5.74) is 6.02. The van der Waals surface area contributed by atoms with Crippen LogP contribution in [-0.2, 0) is 0 Å². The normalized spacial score (nSPS) is 28.5. The highest BCUT2D eigenvalue weighted by Gasteiger charge is 2.40. The van der Waals surface area contributed by atoms with Crippen LogP contribution in [0.2, 0.25) is 0 Å². The molecule has 2 rings (SSSR count). The van der Waals surface area contributed by atoms with Crippen LogP contribution in [0.25, 0.3) is 0 Å². The van der Waals surface area contributed by atoms with E-state index in [0.717, 1.165) is 6.42 Å². The Hall–Kier alpha value is -1.16. The van der Waals surface area contributed by atoms with E-state index in [2.05, 4.69) is 9.97 Å². The number of Topliss-reactive ketones (excluding diaryl/α,β-unsaturated/α-hetero) is 1. The number of hydrogen-bond donors (Lipinski definition) is 2. The van der Waals surface area contributed by atoms with Gasteiger partial charge in [-0.15, -0.1) is 0 Å².